The summed E-state index contributed by atoms with van der Waals surface area (Å²) in [7, 11) is 0. The standard InChI is InChI=1S/C22H26ClN3O4/c1-2-29-21-13-17(14-24-25-22(27)15-26-8-10-28-11-9-26)6-7-20(21)30-16-18-4-3-5-19(23)12-18/h3-7,12-14H,2,8-11,15-16H2,1H3,(H,25,27)/b24-14-. The molecule has 30 heavy (non-hydrogen) atoms. The maximum atomic E-state index is 12.0. The quantitative estimate of drug-likeness (QED) is 0.488. The van der Waals surface area contributed by atoms with Gasteiger partial charge in [0.05, 0.1) is 32.6 Å². The molecule has 1 amide bonds. The van der Waals surface area contributed by atoms with Crippen LogP contribution in [0.2, 0.25) is 5.02 Å². The Morgan fingerprint density at radius 2 is 2.03 bits per heavy atom. The van der Waals surface area contributed by atoms with Crippen molar-refractivity contribution in [2.75, 3.05) is 39.5 Å². The van der Waals surface area contributed by atoms with Crippen molar-refractivity contribution >= 4 is 23.7 Å². The van der Waals surface area contributed by atoms with Crippen LogP contribution >= 0.6 is 11.6 Å². The molecular formula is C22H26ClN3O4. The highest BCUT2D eigenvalue weighted by Crippen LogP contribution is 2.29. The number of halogens is 1. The number of rotatable bonds is 9. The van der Waals surface area contributed by atoms with Crippen LogP contribution in [0.5, 0.6) is 11.5 Å². The zero-order valence-corrected chi connectivity index (χ0v) is 17.7. The van der Waals surface area contributed by atoms with Crippen LogP contribution in [0.15, 0.2) is 47.6 Å². The van der Waals surface area contributed by atoms with E-state index in [-0.39, 0.29) is 5.91 Å². The smallest absolute Gasteiger partial charge is 0.254 e. The molecule has 1 aliphatic rings. The number of carbonyl (C=O) groups excluding carboxylic acids is 1. The molecule has 0 radical (unpaired) electrons. The molecule has 3 rings (SSSR count). The minimum absolute atomic E-state index is 0.153. The summed E-state index contributed by atoms with van der Waals surface area (Å²) in [4.78, 5) is 14.0. The van der Waals surface area contributed by atoms with E-state index < -0.39 is 0 Å². The summed E-state index contributed by atoms with van der Waals surface area (Å²) in [6, 6.07) is 13.0. The molecule has 7 nitrogen and oxygen atoms in total. The molecule has 1 aliphatic heterocycles. The van der Waals surface area contributed by atoms with E-state index >= 15 is 0 Å². The summed E-state index contributed by atoms with van der Waals surface area (Å²) in [6.45, 7) is 5.92. The first kappa shape index (κ1) is 22.1. The van der Waals surface area contributed by atoms with Crippen molar-refractivity contribution in [3.63, 3.8) is 0 Å². The summed E-state index contributed by atoms with van der Waals surface area (Å²) < 4.78 is 16.9. The number of ether oxygens (including phenoxy) is 3. The number of hydrazone groups is 1. The Kier molecular flexibility index (Phi) is 8.50. The molecule has 1 fully saturated rings. The number of benzene rings is 2. The lowest BCUT2D eigenvalue weighted by Gasteiger charge is -2.25. The lowest BCUT2D eigenvalue weighted by Crippen LogP contribution is -2.42. The molecule has 2 aromatic rings. The third kappa shape index (κ3) is 7.02. The van der Waals surface area contributed by atoms with Crippen LogP contribution in [0.1, 0.15) is 18.1 Å². The van der Waals surface area contributed by atoms with Gasteiger partial charge in [0.2, 0.25) is 0 Å². The molecule has 0 spiro atoms. The van der Waals surface area contributed by atoms with Crippen LogP contribution in [0, 0.1) is 0 Å². The average Bonchev–Trinajstić information content (AvgIpc) is 2.74. The predicted octanol–water partition coefficient (Wildman–Crippen LogP) is 3.10. The van der Waals surface area contributed by atoms with Gasteiger partial charge < -0.3 is 14.2 Å². The predicted molar refractivity (Wildman–Crippen MR) is 116 cm³/mol. The second-order valence-corrected chi connectivity index (χ2v) is 7.18. The lowest BCUT2D eigenvalue weighted by atomic mass is 10.2. The van der Waals surface area contributed by atoms with Gasteiger partial charge in [0.25, 0.3) is 5.91 Å². The molecule has 1 N–H and O–H groups in total. The van der Waals surface area contributed by atoms with Crippen LogP contribution in [0.25, 0.3) is 0 Å². The number of nitrogens with one attached hydrogen (secondary N) is 1. The van der Waals surface area contributed by atoms with Crippen LogP contribution in [-0.4, -0.2) is 56.5 Å². The third-order valence-electron chi connectivity index (χ3n) is 4.42. The van der Waals surface area contributed by atoms with E-state index in [1.54, 1.807) is 6.21 Å². The minimum atomic E-state index is -0.153. The van der Waals surface area contributed by atoms with Gasteiger partial charge in [-0.3, -0.25) is 9.69 Å². The number of nitrogens with zero attached hydrogens (tertiary/aromatic N) is 2. The first-order valence-corrected chi connectivity index (χ1v) is 10.3. The van der Waals surface area contributed by atoms with Gasteiger partial charge in [0.1, 0.15) is 6.61 Å². The Hall–Kier alpha value is -2.61. The number of hydrogen-bond donors (Lipinski definition) is 1. The van der Waals surface area contributed by atoms with E-state index in [4.69, 9.17) is 25.8 Å². The first-order chi connectivity index (χ1) is 14.6. The highest BCUT2D eigenvalue weighted by molar-refractivity contribution is 6.30. The molecule has 160 valence electrons. The Morgan fingerprint density at radius 3 is 2.80 bits per heavy atom. The Labute approximate surface area is 181 Å². The van der Waals surface area contributed by atoms with Crippen molar-refractivity contribution in [1.29, 1.82) is 0 Å². The largest absolute Gasteiger partial charge is 0.490 e. The highest BCUT2D eigenvalue weighted by atomic mass is 35.5. The summed E-state index contributed by atoms with van der Waals surface area (Å²) in [5.41, 5.74) is 4.32. The Morgan fingerprint density at radius 1 is 1.20 bits per heavy atom. The zero-order valence-electron chi connectivity index (χ0n) is 17.0. The molecular weight excluding hydrogens is 406 g/mol. The second kappa shape index (κ2) is 11.5. The van der Waals surface area contributed by atoms with Crippen molar-refractivity contribution in [2.24, 2.45) is 5.10 Å². The summed E-state index contributed by atoms with van der Waals surface area (Å²) in [5.74, 6) is 1.09. The first-order valence-electron chi connectivity index (χ1n) is 9.90. The molecule has 8 heteroatoms. The molecule has 0 saturated carbocycles. The maximum Gasteiger partial charge on any atom is 0.254 e. The van der Waals surface area contributed by atoms with Gasteiger partial charge in [-0.1, -0.05) is 23.7 Å². The summed E-state index contributed by atoms with van der Waals surface area (Å²) in [5, 5.41) is 4.72. The van der Waals surface area contributed by atoms with Crippen molar-refractivity contribution < 1.29 is 19.0 Å². The maximum absolute atomic E-state index is 12.0. The van der Waals surface area contributed by atoms with Gasteiger partial charge >= 0.3 is 0 Å². The minimum Gasteiger partial charge on any atom is -0.490 e. The lowest BCUT2D eigenvalue weighted by molar-refractivity contribution is -0.123. The van der Waals surface area contributed by atoms with Crippen LogP contribution in [0.4, 0.5) is 0 Å². The molecule has 0 aliphatic carbocycles. The van der Waals surface area contributed by atoms with Gasteiger partial charge in [-0.05, 0) is 48.4 Å². The molecule has 2 aromatic carbocycles. The van der Waals surface area contributed by atoms with Crippen molar-refractivity contribution in [1.82, 2.24) is 10.3 Å². The van der Waals surface area contributed by atoms with E-state index in [0.29, 0.717) is 49.5 Å². The fraction of sp³-hybridized carbons (Fsp3) is 0.364. The molecule has 0 unspecified atom stereocenters. The SMILES string of the molecule is CCOc1cc(/C=N\NC(=O)CN2CCOCC2)ccc1OCc1cccc(Cl)c1. The molecule has 1 saturated heterocycles. The number of hydrogen-bond acceptors (Lipinski definition) is 6. The Bertz CT molecular complexity index is 869. The second-order valence-electron chi connectivity index (χ2n) is 6.74. The van der Waals surface area contributed by atoms with Gasteiger partial charge in [0.15, 0.2) is 11.5 Å². The summed E-state index contributed by atoms with van der Waals surface area (Å²) in [6.07, 6.45) is 1.58. The number of amides is 1. The van der Waals surface area contributed by atoms with Crippen molar-refractivity contribution in [3.8, 4) is 11.5 Å². The Balaban J connectivity index is 1.56. The van der Waals surface area contributed by atoms with Crippen LogP contribution < -0.4 is 14.9 Å². The fourth-order valence-corrected chi connectivity index (χ4v) is 3.17. The average molecular weight is 432 g/mol. The molecule has 1 heterocycles. The van der Waals surface area contributed by atoms with Gasteiger partial charge in [-0.2, -0.15) is 5.10 Å². The van der Waals surface area contributed by atoms with Gasteiger partial charge in [-0.15, -0.1) is 0 Å². The third-order valence-corrected chi connectivity index (χ3v) is 4.66. The van der Waals surface area contributed by atoms with Gasteiger partial charge in [0, 0.05) is 18.1 Å². The number of carbonyl (C=O) groups is 1. The molecule has 0 atom stereocenters. The van der Waals surface area contributed by atoms with E-state index in [1.807, 2.05) is 54.3 Å². The van der Waals surface area contributed by atoms with Gasteiger partial charge in [-0.25, -0.2) is 5.43 Å². The van der Waals surface area contributed by atoms with Crippen molar-refractivity contribution in [3.05, 3.63) is 58.6 Å². The highest BCUT2D eigenvalue weighted by Gasteiger charge is 2.13. The van der Waals surface area contributed by atoms with E-state index in [0.717, 1.165) is 24.2 Å². The molecule has 0 bridgehead atoms. The monoisotopic (exact) mass is 431 g/mol. The van der Waals surface area contributed by atoms with E-state index in [1.165, 1.54) is 0 Å². The topological polar surface area (TPSA) is 72.4 Å². The van der Waals surface area contributed by atoms with Crippen LogP contribution in [-0.2, 0) is 16.1 Å². The molecule has 0 aromatic heterocycles. The zero-order chi connectivity index (χ0) is 21.2. The fourth-order valence-electron chi connectivity index (χ4n) is 2.96. The number of morpholine rings is 1. The summed E-state index contributed by atoms with van der Waals surface area (Å²) >= 11 is 6.02. The van der Waals surface area contributed by atoms with Crippen molar-refractivity contribution in [2.45, 2.75) is 13.5 Å². The normalized spacial score (nSPS) is 14.6. The van der Waals surface area contributed by atoms with E-state index in [2.05, 4.69) is 10.5 Å². The van der Waals surface area contributed by atoms with E-state index in [9.17, 15) is 4.79 Å². The van der Waals surface area contributed by atoms with Crippen LogP contribution in [0.3, 0.4) is 0 Å².